The first-order valence-electron chi connectivity index (χ1n) is 8.14. The minimum absolute atomic E-state index is 0.160. The Balaban J connectivity index is 1.58. The maximum absolute atomic E-state index is 12.2. The number of hydrogen-bond donors (Lipinski definition) is 1. The molecule has 0 atom stereocenters. The molecule has 1 aromatic heterocycles. The van der Waals surface area contributed by atoms with Gasteiger partial charge < -0.3 is 5.32 Å². The number of amides is 3. The Morgan fingerprint density at radius 2 is 1.69 bits per heavy atom. The molecule has 8 nitrogen and oxygen atoms in total. The van der Waals surface area contributed by atoms with Crippen LogP contribution < -0.4 is 10.9 Å². The quantitative estimate of drug-likeness (QED) is 0.777. The number of aryl methyl sites for hydroxylation is 1. The van der Waals surface area contributed by atoms with Crippen LogP contribution in [0.15, 0.2) is 35.4 Å². The van der Waals surface area contributed by atoms with E-state index in [0.717, 1.165) is 4.90 Å². The molecule has 0 fully saturated rings. The Kier molecular flexibility index (Phi) is 4.66. The van der Waals surface area contributed by atoms with Gasteiger partial charge in [0.25, 0.3) is 17.4 Å². The van der Waals surface area contributed by atoms with E-state index in [-0.39, 0.29) is 25.2 Å². The molecule has 1 aliphatic rings. The predicted molar refractivity (Wildman–Crippen MR) is 92.8 cm³/mol. The summed E-state index contributed by atoms with van der Waals surface area (Å²) in [5, 5.41) is 2.61. The standard InChI is InChI=1S/C18H18N4O4/c1-11-12(2)20-10-21(16(11)24)8-7-19-15(23)9-22-17(25)13-5-3-4-6-14(13)18(22)26/h3-6,10H,7-9H2,1-2H3,(H,19,23). The predicted octanol–water partition coefficient (Wildman–Crippen LogP) is 0.273. The van der Waals surface area contributed by atoms with Crippen LogP contribution in [-0.4, -0.2) is 45.3 Å². The van der Waals surface area contributed by atoms with E-state index in [9.17, 15) is 19.2 Å². The van der Waals surface area contributed by atoms with Gasteiger partial charge >= 0.3 is 0 Å². The highest BCUT2D eigenvalue weighted by molar-refractivity contribution is 6.22. The van der Waals surface area contributed by atoms with Crippen molar-refractivity contribution in [3.05, 3.63) is 63.3 Å². The minimum atomic E-state index is -0.477. The van der Waals surface area contributed by atoms with Gasteiger partial charge in [0.15, 0.2) is 0 Å². The van der Waals surface area contributed by atoms with Crippen molar-refractivity contribution < 1.29 is 14.4 Å². The summed E-state index contributed by atoms with van der Waals surface area (Å²) in [5.74, 6) is -1.42. The molecule has 1 aromatic carbocycles. The summed E-state index contributed by atoms with van der Waals surface area (Å²) in [6.07, 6.45) is 1.43. The van der Waals surface area contributed by atoms with Crippen molar-refractivity contribution in [2.24, 2.45) is 0 Å². The molecule has 8 heteroatoms. The Morgan fingerprint density at radius 1 is 1.08 bits per heavy atom. The van der Waals surface area contributed by atoms with Crippen molar-refractivity contribution in [3.8, 4) is 0 Å². The fraction of sp³-hybridized carbons (Fsp3) is 0.278. The van der Waals surface area contributed by atoms with Crippen molar-refractivity contribution in [1.29, 1.82) is 0 Å². The van der Waals surface area contributed by atoms with Crippen LogP contribution in [0.2, 0.25) is 0 Å². The van der Waals surface area contributed by atoms with Crippen LogP contribution in [0.4, 0.5) is 0 Å². The van der Waals surface area contributed by atoms with E-state index in [4.69, 9.17) is 0 Å². The average molecular weight is 354 g/mol. The maximum atomic E-state index is 12.2. The summed E-state index contributed by atoms with van der Waals surface area (Å²) in [5.41, 5.74) is 1.67. The largest absolute Gasteiger partial charge is 0.353 e. The number of fused-ring (bicyclic) bond motifs is 1. The zero-order valence-electron chi connectivity index (χ0n) is 14.5. The van der Waals surface area contributed by atoms with Gasteiger partial charge in [-0.1, -0.05) is 12.1 Å². The molecule has 3 amide bonds. The second-order valence-corrected chi connectivity index (χ2v) is 6.05. The number of benzene rings is 1. The molecule has 0 bridgehead atoms. The minimum Gasteiger partial charge on any atom is -0.353 e. The van der Waals surface area contributed by atoms with Gasteiger partial charge in [-0.25, -0.2) is 4.98 Å². The summed E-state index contributed by atoms with van der Waals surface area (Å²) in [4.78, 5) is 53.6. The monoisotopic (exact) mass is 354 g/mol. The summed E-state index contributed by atoms with van der Waals surface area (Å²) in [7, 11) is 0. The molecule has 2 aromatic rings. The summed E-state index contributed by atoms with van der Waals surface area (Å²) in [6.45, 7) is 3.53. The van der Waals surface area contributed by atoms with E-state index >= 15 is 0 Å². The third-order valence-corrected chi connectivity index (χ3v) is 4.37. The third kappa shape index (κ3) is 3.13. The molecule has 0 radical (unpaired) electrons. The number of nitrogens with zero attached hydrogens (tertiary/aromatic N) is 3. The molecule has 2 heterocycles. The molecule has 0 saturated heterocycles. The summed E-state index contributed by atoms with van der Waals surface area (Å²) in [6, 6.07) is 6.46. The van der Waals surface area contributed by atoms with E-state index in [1.54, 1.807) is 38.1 Å². The normalized spacial score (nSPS) is 13.1. The van der Waals surface area contributed by atoms with Gasteiger partial charge in [0, 0.05) is 24.3 Å². The maximum Gasteiger partial charge on any atom is 0.262 e. The topological polar surface area (TPSA) is 101 Å². The average Bonchev–Trinajstić information content (AvgIpc) is 2.87. The SMILES string of the molecule is Cc1ncn(CCNC(=O)CN2C(=O)c3ccccc3C2=O)c(=O)c1C. The second kappa shape index (κ2) is 6.91. The molecular formula is C18H18N4O4. The molecule has 0 spiro atoms. The first-order valence-corrected chi connectivity index (χ1v) is 8.14. The molecule has 134 valence electrons. The third-order valence-electron chi connectivity index (χ3n) is 4.37. The number of rotatable bonds is 5. The second-order valence-electron chi connectivity index (χ2n) is 6.05. The molecule has 1 N–H and O–H groups in total. The highest BCUT2D eigenvalue weighted by Crippen LogP contribution is 2.21. The van der Waals surface area contributed by atoms with Crippen LogP contribution in [0.3, 0.4) is 0 Å². The molecule has 0 saturated carbocycles. The number of hydrogen-bond acceptors (Lipinski definition) is 5. The Bertz CT molecular complexity index is 929. The Morgan fingerprint density at radius 3 is 2.31 bits per heavy atom. The molecule has 0 aliphatic carbocycles. The lowest BCUT2D eigenvalue weighted by atomic mass is 10.1. The summed E-state index contributed by atoms with van der Waals surface area (Å²) >= 11 is 0. The highest BCUT2D eigenvalue weighted by Gasteiger charge is 2.36. The van der Waals surface area contributed by atoms with E-state index in [2.05, 4.69) is 10.3 Å². The van der Waals surface area contributed by atoms with Crippen molar-refractivity contribution in [2.75, 3.05) is 13.1 Å². The molecular weight excluding hydrogens is 336 g/mol. The molecule has 0 unspecified atom stereocenters. The molecule has 3 rings (SSSR count). The number of nitrogens with one attached hydrogen (secondary N) is 1. The molecule has 1 aliphatic heterocycles. The first kappa shape index (κ1) is 17.5. The Hall–Kier alpha value is -3.29. The van der Waals surface area contributed by atoms with E-state index in [1.165, 1.54) is 10.9 Å². The molecule has 26 heavy (non-hydrogen) atoms. The van der Waals surface area contributed by atoms with Crippen LogP contribution in [0.1, 0.15) is 32.0 Å². The smallest absolute Gasteiger partial charge is 0.262 e. The van der Waals surface area contributed by atoms with Crippen molar-refractivity contribution in [2.45, 2.75) is 20.4 Å². The zero-order chi connectivity index (χ0) is 18.8. The fourth-order valence-electron chi connectivity index (χ4n) is 2.73. The van der Waals surface area contributed by atoms with Gasteiger partial charge in [0.1, 0.15) is 6.54 Å². The Labute approximate surface area is 149 Å². The lowest BCUT2D eigenvalue weighted by Gasteiger charge is -2.14. The number of carbonyl (C=O) groups is 3. The lowest BCUT2D eigenvalue weighted by molar-refractivity contribution is -0.121. The zero-order valence-corrected chi connectivity index (χ0v) is 14.5. The van der Waals surface area contributed by atoms with Gasteiger partial charge in [0.2, 0.25) is 5.91 Å². The lowest BCUT2D eigenvalue weighted by Crippen LogP contribution is -2.41. The highest BCUT2D eigenvalue weighted by atomic mass is 16.2. The van der Waals surface area contributed by atoms with Crippen molar-refractivity contribution >= 4 is 17.7 Å². The van der Waals surface area contributed by atoms with E-state index < -0.39 is 17.7 Å². The van der Waals surface area contributed by atoms with Crippen LogP contribution in [0.25, 0.3) is 0 Å². The van der Waals surface area contributed by atoms with Crippen LogP contribution in [0.5, 0.6) is 0 Å². The van der Waals surface area contributed by atoms with E-state index in [1.807, 2.05) is 0 Å². The van der Waals surface area contributed by atoms with Gasteiger partial charge in [-0.2, -0.15) is 0 Å². The van der Waals surface area contributed by atoms with Gasteiger partial charge in [-0.05, 0) is 26.0 Å². The van der Waals surface area contributed by atoms with Gasteiger partial charge in [-0.15, -0.1) is 0 Å². The van der Waals surface area contributed by atoms with Crippen LogP contribution in [0, 0.1) is 13.8 Å². The van der Waals surface area contributed by atoms with Crippen LogP contribution >= 0.6 is 0 Å². The van der Waals surface area contributed by atoms with E-state index in [0.29, 0.717) is 22.4 Å². The number of carbonyl (C=O) groups excluding carboxylic acids is 3. The fourth-order valence-corrected chi connectivity index (χ4v) is 2.73. The van der Waals surface area contributed by atoms with Gasteiger partial charge in [0.05, 0.1) is 17.5 Å². The van der Waals surface area contributed by atoms with Gasteiger partial charge in [-0.3, -0.25) is 28.6 Å². The number of aromatic nitrogens is 2. The first-order chi connectivity index (χ1) is 12.4. The summed E-state index contributed by atoms with van der Waals surface area (Å²) < 4.78 is 1.41. The van der Waals surface area contributed by atoms with Crippen LogP contribution in [-0.2, 0) is 11.3 Å². The number of imide groups is 1. The van der Waals surface area contributed by atoms with Crippen molar-refractivity contribution in [3.63, 3.8) is 0 Å². The van der Waals surface area contributed by atoms with Crippen molar-refractivity contribution in [1.82, 2.24) is 19.8 Å².